The molecule has 0 aliphatic heterocycles. The molecule has 6 heteroatoms. The molecule has 1 unspecified atom stereocenters. The van der Waals surface area contributed by atoms with Crippen LogP contribution in [0, 0.1) is 0 Å². The van der Waals surface area contributed by atoms with Gasteiger partial charge < -0.3 is 19.5 Å². The molecule has 6 nitrogen and oxygen atoms in total. The van der Waals surface area contributed by atoms with Gasteiger partial charge in [-0.3, -0.25) is 0 Å². The van der Waals surface area contributed by atoms with Crippen molar-refractivity contribution in [2.75, 3.05) is 19.8 Å². The number of carbonyl (C=O) groups excluding carboxylic acids is 2. The van der Waals surface area contributed by atoms with E-state index in [0.717, 1.165) is 5.56 Å². The molecule has 1 rings (SSSR count). The first-order valence-corrected chi connectivity index (χ1v) is 8.07. The number of ether oxygens (including phenoxy) is 3. The molecule has 1 N–H and O–H groups in total. The Bertz CT molecular complexity index is 510. The van der Waals surface area contributed by atoms with Crippen LogP contribution >= 0.6 is 0 Å². The predicted octanol–water partition coefficient (Wildman–Crippen LogP) is 2.70. The lowest BCUT2D eigenvalue weighted by atomic mass is 10.1. The van der Waals surface area contributed by atoms with Gasteiger partial charge in [-0.05, 0) is 39.7 Å². The fourth-order valence-corrected chi connectivity index (χ4v) is 2.01. The molecule has 0 heterocycles. The lowest BCUT2D eigenvalue weighted by molar-refractivity contribution is -0.148. The molecule has 1 aromatic carbocycles. The Labute approximate surface area is 143 Å². The number of amides is 1. The van der Waals surface area contributed by atoms with Crippen LogP contribution in [0.3, 0.4) is 0 Å². The number of nitrogens with one attached hydrogen (secondary N) is 1. The molecule has 0 aromatic heterocycles. The first-order chi connectivity index (χ1) is 11.3. The molecule has 134 valence electrons. The largest absolute Gasteiger partial charge is 0.464 e. The van der Waals surface area contributed by atoms with Crippen LogP contribution < -0.4 is 5.32 Å². The van der Waals surface area contributed by atoms with Crippen molar-refractivity contribution in [3.63, 3.8) is 0 Å². The van der Waals surface area contributed by atoms with Crippen LogP contribution in [0.5, 0.6) is 0 Å². The third kappa shape index (κ3) is 9.15. The van der Waals surface area contributed by atoms with Gasteiger partial charge in [-0.25, -0.2) is 9.59 Å². The molecule has 0 saturated carbocycles. The van der Waals surface area contributed by atoms with Crippen LogP contribution in [0.1, 0.15) is 33.3 Å². The predicted molar refractivity (Wildman–Crippen MR) is 90.8 cm³/mol. The highest BCUT2D eigenvalue weighted by Gasteiger charge is 2.20. The minimum atomic E-state index is -0.576. The molecule has 0 aliphatic carbocycles. The maximum atomic E-state index is 12.0. The van der Waals surface area contributed by atoms with Crippen molar-refractivity contribution in [3.8, 4) is 0 Å². The molecule has 0 saturated heterocycles. The molecule has 24 heavy (non-hydrogen) atoms. The molecule has 0 bridgehead atoms. The topological polar surface area (TPSA) is 73.9 Å². The summed E-state index contributed by atoms with van der Waals surface area (Å²) in [6, 6.07) is 9.41. The van der Waals surface area contributed by atoms with E-state index in [2.05, 4.69) is 5.32 Å². The zero-order valence-electron chi connectivity index (χ0n) is 14.8. The van der Waals surface area contributed by atoms with Crippen molar-refractivity contribution in [2.45, 2.75) is 45.8 Å². The number of rotatable bonds is 8. The monoisotopic (exact) mass is 337 g/mol. The number of carbonyl (C=O) groups is 2. The summed E-state index contributed by atoms with van der Waals surface area (Å²) >= 11 is 0. The molecule has 1 aromatic rings. The summed E-state index contributed by atoms with van der Waals surface area (Å²) in [6.45, 7) is 7.50. The zero-order valence-corrected chi connectivity index (χ0v) is 14.8. The quantitative estimate of drug-likeness (QED) is 0.738. The van der Waals surface area contributed by atoms with Crippen molar-refractivity contribution in [2.24, 2.45) is 0 Å². The molecule has 0 fully saturated rings. The zero-order chi connectivity index (χ0) is 18.0. The molecule has 0 aliphatic rings. The van der Waals surface area contributed by atoms with E-state index >= 15 is 0 Å². The van der Waals surface area contributed by atoms with Gasteiger partial charge in [0.2, 0.25) is 0 Å². The Morgan fingerprint density at radius 2 is 1.83 bits per heavy atom. The van der Waals surface area contributed by atoms with Gasteiger partial charge in [0.1, 0.15) is 12.2 Å². The fraction of sp³-hybridized carbons (Fsp3) is 0.556. The van der Waals surface area contributed by atoms with Crippen LogP contribution in [-0.4, -0.2) is 43.5 Å². The average molecular weight is 337 g/mol. The summed E-state index contributed by atoms with van der Waals surface area (Å²) in [5.41, 5.74) is 0.478. The number of alkyl carbamates (subject to hydrolysis) is 1. The minimum absolute atomic E-state index is 0.144. The van der Waals surface area contributed by atoms with E-state index in [1.54, 1.807) is 27.7 Å². The van der Waals surface area contributed by atoms with Gasteiger partial charge in [0.25, 0.3) is 0 Å². The van der Waals surface area contributed by atoms with Crippen LogP contribution in [-0.2, 0) is 25.4 Å². The molecule has 1 amide bonds. The van der Waals surface area contributed by atoms with Crippen molar-refractivity contribution >= 4 is 12.1 Å². The van der Waals surface area contributed by atoms with Gasteiger partial charge >= 0.3 is 12.1 Å². The van der Waals surface area contributed by atoms with E-state index in [1.807, 2.05) is 30.3 Å². The Morgan fingerprint density at radius 1 is 1.17 bits per heavy atom. The van der Waals surface area contributed by atoms with Gasteiger partial charge in [0.15, 0.2) is 0 Å². The summed E-state index contributed by atoms with van der Waals surface area (Å²) in [6.07, 6.45) is 0.0614. The standard InChI is InChI=1S/C18H27NO5/c1-5-23-16(20)13-22-12-15(11-14-9-7-6-8-10-14)19-17(21)24-18(2,3)4/h6-10,15H,5,11-13H2,1-4H3,(H,19,21). The first kappa shape index (κ1) is 20.0. The molecule has 0 radical (unpaired) electrons. The van der Waals surface area contributed by atoms with Crippen LogP contribution in [0.2, 0.25) is 0 Å². The van der Waals surface area contributed by atoms with Gasteiger partial charge in [-0.2, -0.15) is 0 Å². The third-order valence-corrected chi connectivity index (χ3v) is 2.89. The number of benzene rings is 1. The normalized spacial score (nSPS) is 12.3. The summed E-state index contributed by atoms with van der Waals surface area (Å²) in [5.74, 6) is -0.423. The van der Waals surface area contributed by atoms with Crippen molar-refractivity contribution in [1.82, 2.24) is 5.32 Å². The van der Waals surface area contributed by atoms with E-state index in [0.29, 0.717) is 13.0 Å². The smallest absolute Gasteiger partial charge is 0.407 e. The number of esters is 1. The fourth-order valence-electron chi connectivity index (χ4n) is 2.01. The Kier molecular flexibility index (Phi) is 8.26. The van der Waals surface area contributed by atoms with E-state index in [9.17, 15) is 9.59 Å². The lowest BCUT2D eigenvalue weighted by Crippen LogP contribution is -2.43. The number of hydrogen-bond acceptors (Lipinski definition) is 5. The third-order valence-electron chi connectivity index (χ3n) is 2.89. The Balaban J connectivity index is 2.58. The van der Waals surface area contributed by atoms with Crippen LogP contribution in [0.25, 0.3) is 0 Å². The van der Waals surface area contributed by atoms with Crippen molar-refractivity contribution in [1.29, 1.82) is 0 Å². The Hall–Kier alpha value is -2.08. The minimum Gasteiger partial charge on any atom is -0.464 e. The van der Waals surface area contributed by atoms with Gasteiger partial charge in [0.05, 0.1) is 19.3 Å². The van der Waals surface area contributed by atoms with Gasteiger partial charge in [0, 0.05) is 0 Å². The highest BCUT2D eigenvalue weighted by atomic mass is 16.6. The maximum Gasteiger partial charge on any atom is 0.407 e. The summed E-state index contributed by atoms with van der Waals surface area (Å²) in [5, 5.41) is 2.79. The second-order valence-electron chi connectivity index (χ2n) is 6.35. The number of hydrogen-bond donors (Lipinski definition) is 1. The maximum absolute atomic E-state index is 12.0. The second kappa shape index (κ2) is 9.93. The van der Waals surface area contributed by atoms with E-state index in [4.69, 9.17) is 14.2 Å². The molecule has 1 atom stereocenters. The van der Waals surface area contributed by atoms with Crippen LogP contribution in [0.15, 0.2) is 30.3 Å². The Morgan fingerprint density at radius 3 is 2.42 bits per heavy atom. The van der Waals surface area contributed by atoms with Gasteiger partial charge in [-0.1, -0.05) is 30.3 Å². The van der Waals surface area contributed by atoms with E-state index < -0.39 is 17.7 Å². The van der Waals surface area contributed by atoms with Gasteiger partial charge in [-0.15, -0.1) is 0 Å². The second-order valence-corrected chi connectivity index (χ2v) is 6.35. The first-order valence-electron chi connectivity index (χ1n) is 8.07. The van der Waals surface area contributed by atoms with E-state index in [-0.39, 0.29) is 19.3 Å². The molecule has 0 spiro atoms. The van der Waals surface area contributed by atoms with E-state index in [1.165, 1.54) is 0 Å². The van der Waals surface area contributed by atoms with Crippen LogP contribution in [0.4, 0.5) is 4.79 Å². The molecular weight excluding hydrogens is 310 g/mol. The average Bonchev–Trinajstić information content (AvgIpc) is 2.46. The summed E-state index contributed by atoms with van der Waals surface area (Å²) in [7, 11) is 0. The highest BCUT2D eigenvalue weighted by molar-refractivity contribution is 5.70. The highest BCUT2D eigenvalue weighted by Crippen LogP contribution is 2.08. The molecular formula is C18H27NO5. The summed E-state index contributed by atoms with van der Waals surface area (Å²) in [4.78, 5) is 23.3. The lowest BCUT2D eigenvalue weighted by Gasteiger charge is -2.23. The SMILES string of the molecule is CCOC(=O)COCC(Cc1ccccc1)NC(=O)OC(C)(C)C. The van der Waals surface area contributed by atoms with Crippen molar-refractivity contribution < 1.29 is 23.8 Å². The van der Waals surface area contributed by atoms with Crippen molar-refractivity contribution in [3.05, 3.63) is 35.9 Å². The summed E-state index contributed by atoms with van der Waals surface area (Å²) < 4.78 is 15.5.